The van der Waals surface area contributed by atoms with E-state index in [0.717, 1.165) is 29.3 Å². The number of amides is 2. The molecule has 0 aromatic heterocycles. The number of fused-ring (bicyclic) bond motifs is 1. The zero-order valence-corrected chi connectivity index (χ0v) is 13.5. The van der Waals surface area contributed by atoms with Crippen molar-refractivity contribution in [1.82, 2.24) is 5.32 Å². The molecule has 0 heterocycles. The molecule has 1 saturated carbocycles. The van der Waals surface area contributed by atoms with Gasteiger partial charge in [0.05, 0.1) is 5.69 Å². The van der Waals surface area contributed by atoms with Crippen molar-refractivity contribution in [3.05, 3.63) is 78.4 Å². The van der Waals surface area contributed by atoms with Gasteiger partial charge in [0.15, 0.2) is 0 Å². The first-order valence-corrected chi connectivity index (χ1v) is 8.35. The lowest BCUT2D eigenvalue weighted by atomic mass is 9.96. The molecule has 1 aliphatic rings. The van der Waals surface area contributed by atoms with Crippen LogP contribution in [-0.4, -0.2) is 12.6 Å². The molecule has 24 heavy (non-hydrogen) atoms. The smallest absolute Gasteiger partial charge is 0.319 e. The topological polar surface area (TPSA) is 41.1 Å². The Morgan fingerprint density at radius 3 is 2.38 bits per heavy atom. The average molecular weight is 316 g/mol. The van der Waals surface area contributed by atoms with Crippen LogP contribution in [0.2, 0.25) is 0 Å². The van der Waals surface area contributed by atoms with E-state index in [2.05, 4.69) is 34.9 Å². The van der Waals surface area contributed by atoms with Gasteiger partial charge in [0.1, 0.15) is 0 Å². The first kappa shape index (κ1) is 14.8. The maximum atomic E-state index is 12.3. The number of carbonyl (C=O) groups excluding carboxylic acids is 1. The summed E-state index contributed by atoms with van der Waals surface area (Å²) in [6.45, 7) is 0.674. The second-order valence-corrected chi connectivity index (χ2v) is 6.48. The molecule has 3 aromatic rings. The number of urea groups is 1. The zero-order chi connectivity index (χ0) is 16.4. The molecular weight excluding hydrogens is 296 g/mol. The molecule has 1 fully saturated rings. The average Bonchev–Trinajstić information content (AvgIpc) is 3.42. The quantitative estimate of drug-likeness (QED) is 0.720. The molecule has 0 atom stereocenters. The molecule has 2 amide bonds. The Bertz CT molecular complexity index is 864. The summed E-state index contributed by atoms with van der Waals surface area (Å²) in [7, 11) is 0. The van der Waals surface area contributed by atoms with Crippen LogP contribution < -0.4 is 10.6 Å². The summed E-state index contributed by atoms with van der Waals surface area (Å²) >= 11 is 0. The van der Waals surface area contributed by atoms with E-state index in [9.17, 15) is 4.79 Å². The van der Waals surface area contributed by atoms with E-state index in [-0.39, 0.29) is 11.4 Å². The highest BCUT2D eigenvalue weighted by Gasteiger charge is 2.44. The van der Waals surface area contributed by atoms with Gasteiger partial charge < -0.3 is 10.6 Å². The van der Waals surface area contributed by atoms with Crippen LogP contribution >= 0.6 is 0 Å². The van der Waals surface area contributed by atoms with Crippen LogP contribution in [0.5, 0.6) is 0 Å². The van der Waals surface area contributed by atoms with Crippen LogP contribution in [-0.2, 0) is 5.41 Å². The standard InChI is InChI=1S/C21H20N2O/c24-20(22-15-21(13-14-21)17-9-2-1-3-10-17)23-19-12-6-8-16-7-4-5-11-18(16)19/h1-12H,13-15H2,(H2,22,23,24). The van der Waals surface area contributed by atoms with Crippen molar-refractivity contribution >= 4 is 22.5 Å². The van der Waals surface area contributed by atoms with Crippen molar-refractivity contribution < 1.29 is 4.79 Å². The van der Waals surface area contributed by atoms with E-state index in [4.69, 9.17) is 0 Å². The molecule has 1 aliphatic carbocycles. The molecule has 0 radical (unpaired) electrons. The van der Waals surface area contributed by atoms with Gasteiger partial charge in [-0.3, -0.25) is 0 Å². The second-order valence-electron chi connectivity index (χ2n) is 6.48. The van der Waals surface area contributed by atoms with E-state index < -0.39 is 0 Å². The van der Waals surface area contributed by atoms with Crippen LogP contribution in [0, 0.1) is 0 Å². The maximum Gasteiger partial charge on any atom is 0.319 e. The van der Waals surface area contributed by atoms with E-state index in [1.807, 2.05) is 48.5 Å². The monoisotopic (exact) mass is 316 g/mol. The van der Waals surface area contributed by atoms with Crippen molar-refractivity contribution in [2.45, 2.75) is 18.3 Å². The van der Waals surface area contributed by atoms with Crippen molar-refractivity contribution in [2.24, 2.45) is 0 Å². The highest BCUT2D eigenvalue weighted by Crippen LogP contribution is 2.47. The third kappa shape index (κ3) is 2.85. The molecule has 3 heteroatoms. The van der Waals surface area contributed by atoms with E-state index in [1.165, 1.54) is 5.56 Å². The number of nitrogens with one attached hydrogen (secondary N) is 2. The lowest BCUT2D eigenvalue weighted by Gasteiger charge is -2.17. The minimum absolute atomic E-state index is 0.122. The van der Waals surface area contributed by atoms with Gasteiger partial charge in [0.2, 0.25) is 0 Å². The summed E-state index contributed by atoms with van der Waals surface area (Å²) in [6, 6.07) is 24.3. The second kappa shape index (κ2) is 6.00. The Hall–Kier alpha value is -2.81. The van der Waals surface area contributed by atoms with E-state index in [1.54, 1.807) is 0 Å². The van der Waals surface area contributed by atoms with Gasteiger partial charge in [-0.1, -0.05) is 66.7 Å². The van der Waals surface area contributed by atoms with Crippen LogP contribution in [0.25, 0.3) is 10.8 Å². The van der Waals surface area contributed by atoms with Gasteiger partial charge in [-0.15, -0.1) is 0 Å². The summed E-state index contributed by atoms with van der Waals surface area (Å²) in [5.41, 5.74) is 2.28. The predicted molar refractivity (Wildman–Crippen MR) is 98.3 cm³/mol. The Balaban J connectivity index is 1.44. The third-order valence-electron chi connectivity index (χ3n) is 4.86. The molecule has 0 saturated heterocycles. The van der Waals surface area contributed by atoms with Crippen LogP contribution in [0.15, 0.2) is 72.8 Å². The van der Waals surface area contributed by atoms with E-state index >= 15 is 0 Å². The van der Waals surface area contributed by atoms with Crippen molar-refractivity contribution in [2.75, 3.05) is 11.9 Å². The van der Waals surface area contributed by atoms with Crippen LogP contribution in [0.1, 0.15) is 18.4 Å². The first-order chi connectivity index (χ1) is 11.8. The molecule has 0 unspecified atom stereocenters. The van der Waals surface area contributed by atoms with E-state index in [0.29, 0.717) is 6.54 Å². The Labute approximate surface area is 141 Å². The van der Waals surface area contributed by atoms with Gasteiger partial charge in [-0.05, 0) is 29.9 Å². The molecule has 4 rings (SSSR count). The van der Waals surface area contributed by atoms with Crippen molar-refractivity contribution in [3.63, 3.8) is 0 Å². The number of rotatable bonds is 4. The number of hydrogen-bond acceptors (Lipinski definition) is 1. The van der Waals surface area contributed by atoms with Crippen LogP contribution in [0.3, 0.4) is 0 Å². The molecule has 120 valence electrons. The highest BCUT2D eigenvalue weighted by atomic mass is 16.2. The van der Waals surface area contributed by atoms with Crippen molar-refractivity contribution in [3.8, 4) is 0 Å². The van der Waals surface area contributed by atoms with Crippen LogP contribution in [0.4, 0.5) is 10.5 Å². The summed E-state index contributed by atoms with van der Waals surface area (Å²) < 4.78 is 0. The lowest BCUT2D eigenvalue weighted by Crippen LogP contribution is -2.35. The molecular formula is C21H20N2O. The minimum atomic E-state index is -0.145. The fourth-order valence-corrected chi connectivity index (χ4v) is 3.26. The summed E-state index contributed by atoms with van der Waals surface area (Å²) in [5, 5.41) is 8.21. The largest absolute Gasteiger partial charge is 0.337 e. The maximum absolute atomic E-state index is 12.3. The van der Waals surface area contributed by atoms with Gasteiger partial charge >= 0.3 is 6.03 Å². The number of carbonyl (C=O) groups is 1. The Morgan fingerprint density at radius 1 is 0.875 bits per heavy atom. The van der Waals surface area contributed by atoms with Gasteiger partial charge in [-0.25, -0.2) is 4.79 Å². The first-order valence-electron chi connectivity index (χ1n) is 8.35. The Morgan fingerprint density at radius 2 is 1.58 bits per heavy atom. The van der Waals surface area contributed by atoms with Gasteiger partial charge in [-0.2, -0.15) is 0 Å². The molecule has 0 aliphatic heterocycles. The highest BCUT2D eigenvalue weighted by molar-refractivity contribution is 6.01. The van der Waals surface area contributed by atoms with Crippen molar-refractivity contribution in [1.29, 1.82) is 0 Å². The normalized spacial score (nSPS) is 15.0. The van der Waals surface area contributed by atoms with Gasteiger partial charge in [0, 0.05) is 17.3 Å². The zero-order valence-electron chi connectivity index (χ0n) is 13.5. The third-order valence-corrected chi connectivity index (χ3v) is 4.86. The lowest BCUT2D eigenvalue weighted by molar-refractivity contribution is 0.251. The molecule has 2 N–H and O–H groups in total. The molecule has 3 aromatic carbocycles. The number of benzene rings is 3. The van der Waals surface area contributed by atoms with Gasteiger partial charge in [0.25, 0.3) is 0 Å². The Kier molecular flexibility index (Phi) is 3.69. The fraction of sp³-hybridized carbons (Fsp3) is 0.190. The SMILES string of the molecule is O=C(NCC1(c2ccccc2)CC1)Nc1cccc2ccccc12. The predicted octanol–water partition coefficient (Wildman–Crippen LogP) is 4.69. The minimum Gasteiger partial charge on any atom is -0.337 e. The molecule has 0 spiro atoms. The summed E-state index contributed by atoms with van der Waals surface area (Å²) in [6.07, 6.45) is 2.26. The summed E-state index contributed by atoms with van der Waals surface area (Å²) in [4.78, 5) is 12.3. The molecule has 0 bridgehead atoms. The number of hydrogen-bond donors (Lipinski definition) is 2. The summed E-state index contributed by atoms with van der Waals surface area (Å²) in [5.74, 6) is 0. The molecule has 3 nitrogen and oxygen atoms in total. The fourth-order valence-electron chi connectivity index (χ4n) is 3.26. The number of anilines is 1.